The third-order valence-corrected chi connectivity index (χ3v) is 4.99. The molecule has 1 atom stereocenters. The van der Waals surface area contributed by atoms with Crippen LogP contribution in [0.4, 0.5) is 4.39 Å². The molecule has 0 aliphatic heterocycles. The zero-order valence-corrected chi connectivity index (χ0v) is 11.7. The summed E-state index contributed by atoms with van der Waals surface area (Å²) in [6.45, 7) is 1.51. The number of sulfonamides is 1. The molecule has 0 amide bonds. The topological polar surface area (TPSA) is 70.0 Å². The van der Waals surface area contributed by atoms with E-state index in [0.717, 1.165) is 25.0 Å². The maximum Gasteiger partial charge on any atom is 0.244 e. The van der Waals surface area contributed by atoms with Gasteiger partial charge < -0.3 is 0 Å². The molecular weight excluding hydrogens is 291 g/mol. The molecule has 2 rings (SSSR count). The molecule has 19 heavy (non-hydrogen) atoms. The monoisotopic (exact) mass is 302 g/mol. The molecule has 1 aromatic rings. The molecule has 1 aromatic carbocycles. The number of nitrogens with one attached hydrogen (secondary N) is 1. The lowest BCUT2D eigenvalue weighted by atomic mass is 10.0. The van der Waals surface area contributed by atoms with Crippen molar-refractivity contribution in [2.24, 2.45) is 5.92 Å². The first-order valence-corrected chi connectivity index (χ1v) is 7.55. The Balaban J connectivity index is 2.35. The highest BCUT2D eigenvalue weighted by molar-refractivity contribution is 7.89. The Bertz CT molecular complexity index is 652. The summed E-state index contributed by atoms with van der Waals surface area (Å²) < 4.78 is 40.2. The Morgan fingerprint density at radius 2 is 2.16 bits per heavy atom. The Hall–Kier alpha value is -1.16. The third kappa shape index (κ3) is 2.89. The Labute approximate surface area is 116 Å². The summed E-state index contributed by atoms with van der Waals surface area (Å²) >= 11 is 5.58. The second-order valence-corrected chi connectivity index (χ2v) is 6.86. The van der Waals surface area contributed by atoms with Crippen molar-refractivity contribution in [2.75, 3.05) is 0 Å². The van der Waals surface area contributed by atoms with Crippen LogP contribution >= 0.6 is 11.6 Å². The van der Waals surface area contributed by atoms with Crippen molar-refractivity contribution < 1.29 is 12.8 Å². The van der Waals surface area contributed by atoms with Crippen LogP contribution in [0.25, 0.3) is 0 Å². The maximum absolute atomic E-state index is 13.7. The number of hydrogen-bond donors (Lipinski definition) is 1. The fourth-order valence-corrected chi connectivity index (χ4v) is 3.49. The van der Waals surface area contributed by atoms with E-state index in [4.69, 9.17) is 16.9 Å². The number of hydrogen-bond acceptors (Lipinski definition) is 3. The van der Waals surface area contributed by atoms with Gasteiger partial charge >= 0.3 is 0 Å². The van der Waals surface area contributed by atoms with Crippen LogP contribution in [-0.2, 0) is 10.0 Å². The van der Waals surface area contributed by atoms with E-state index >= 15 is 0 Å². The molecule has 0 unspecified atom stereocenters. The molecule has 1 saturated carbocycles. The Morgan fingerprint density at radius 3 is 2.63 bits per heavy atom. The quantitative estimate of drug-likeness (QED) is 0.928. The summed E-state index contributed by atoms with van der Waals surface area (Å²) in [5, 5.41) is 9.24. The molecule has 0 bridgehead atoms. The third-order valence-electron chi connectivity index (χ3n) is 3.16. The highest BCUT2D eigenvalue weighted by atomic mass is 35.5. The average molecular weight is 303 g/mol. The van der Waals surface area contributed by atoms with Gasteiger partial charge in [0.05, 0.1) is 6.07 Å². The Morgan fingerprint density at radius 1 is 1.53 bits per heavy atom. The smallest absolute Gasteiger partial charge is 0.207 e. The number of benzene rings is 1. The molecule has 7 heteroatoms. The van der Waals surface area contributed by atoms with Crippen LogP contribution in [0.15, 0.2) is 23.1 Å². The highest BCUT2D eigenvalue weighted by Crippen LogP contribution is 2.40. The first kappa shape index (κ1) is 14.3. The number of nitriles is 1. The van der Waals surface area contributed by atoms with Gasteiger partial charge in [0.2, 0.25) is 10.0 Å². The molecule has 0 aromatic heterocycles. The van der Waals surface area contributed by atoms with Crippen LogP contribution in [0.2, 0.25) is 5.02 Å². The molecule has 0 saturated heterocycles. The van der Waals surface area contributed by atoms with Gasteiger partial charge in [-0.05, 0) is 43.9 Å². The van der Waals surface area contributed by atoms with E-state index in [1.807, 2.05) is 6.07 Å². The van der Waals surface area contributed by atoms with Crippen LogP contribution in [-0.4, -0.2) is 14.0 Å². The minimum Gasteiger partial charge on any atom is -0.207 e. The van der Waals surface area contributed by atoms with Crippen LogP contribution in [0.5, 0.6) is 0 Å². The van der Waals surface area contributed by atoms with E-state index in [9.17, 15) is 12.8 Å². The van der Waals surface area contributed by atoms with Crippen molar-refractivity contribution in [1.29, 1.82) is 5.26 Å². The summed E-state index contributed by atoms with van der Waals surface area (Å²) in [5.74, 6) is -0.960. The van der Waals surface area contributed by atoms with Crippen molar-refractivity contribution >= 4 is 21.6 Å². The zero-order valence-electron chi connectivity index (χ0n) is 10.2. The van der Waals surface area contributed by atoms with Crippen LogP contribution < -0.4 is 4.72 Å². The van der Waals surface area contributed by atoms with Crippen molar-refractivity contribution in [3.63, 3.8) is 0 Å². The van der Waals surface area contributed by atoms with Gasteiger partial charge in [0.15, 0.2) is 0 Å². The standard InChI is InChI=1S/C12H12ClFN2O2S/c1-12(7-15,8-2-3-8)16-19(17,18)11-5-4-9(13)6-10(11)14/h4-6,8,16H,2-3H2,1H3/t12-/m1/s1. The second kappa shape index (κ2) is 4.75. The molecule has 1 aliphatic rings. The van der Waals surface area contributed by atoms with Gasteiger partial charge in [-0.2, -0.15) is 9.98 Å². The molecule has 0 spiro atoms. The predicted molar refractivity (Wildman–Crippen MR) is 68.5 cm³/mol. The SMILES string of the molecule is C[C@](C#N)(NS(=O)(=O)c1ccc(Cl)cc1F)C1CC1. The average Bonchev–Trinajstić information content (AvgIpc) is 3.11. The molecule has 1 fully saturated rings. The molecule has 102 valence electrons. The number of nitrogens with zero attached hydrogens (tertiary/aromatic N) is 1. The summed E-state index contributed by atoms with van der Waals surface area (Å²) in [6, 6.07) is 5.27. The summed E-state index contributed by atoms with van der Waals surface area (Å²) in [5.41, 5.74) is -1.20. The number of rotatable bonds is 4. The molecule has 0 radical (unpaired) electrons. The lowest BCUT2D eigenvalue weighted by Gasteiger charge is -2.22. The second-order valence-electron chi connectivity index (χ2n) is 4.77. The number of halogens is 2. The zero-order chi connectivity index (χ0) is 14.3. The van der Waals surface area contributed by atoms with Crippen LogP contribution in [0.1, 0.15) is 19.8 Å². The van der Waals surface area contributed by atoms with Gasteiger partial charge in [-0.3, -0.25) is 0 Å². The van der Waals surface area contributed by atoms with E-state index in [2.05, 4.69) is 4.72 Å². The normalized spacial score (nSPS) is 18.6. The first-order valence-electron chi connectivity index (χ1n) is 5.69. The van der Waals surface area contributed by atoms with Crippen LogP contribution in [0.3, 0.4) is 0 Å². The summed E-state index contributed by atoms with van der Waals surface area (Å²) in [6.07, 6.45) is 1.57. The van der Waals surface area contributed by atoms with E-state index in [0.29, 0.717) is 0 Å². The molecule has 1 aliphatic carbocycles. The van der Waals surface area contributed by atoms with Gasteiger partial charge in [0, 0.05) is 5.02 Å². The molecular formula is C12H12ClFN2O2S. The molecule has 1 N–H and O–H groups in total. The van der Waals surface area contributed by atoms with E-state index in [-0.39, 0.29) is 10.9 Å². The van der Waals surface area contributed by atoms with Gasteiger partial charge in [0.1, 0.15) is 16.3 Å². The minimum absolute atomic E-state index is 0.0253. The molecule has 0 heterocycles. The van der Waals surface area contributed by atoms with Crippen molar-refractivity contribution in [3.05, 3.63) is 29.0 Å². The van der Waals surface area contributed by atoms with Gasteiger partial charge in [-0.25, -0.2) is 12.8 Å². The summed E-state index contributed by atoms with van der Waals surface area (Å²) in [7, 11) is -4.09. The molecule has 4 nitrogen and oxygen atoms in total. The fourth-order valence-electron chi connectivity index (χ4n) is 1.89. The summed E-state index contributed by atoms with van der Waals surface area (Å²) in [4.78, 5) is -0.501. The predicted octanol–water partition coefficient (Wildman–Crippen LogP) is 2.45. The van der Waals surface area contributed by atoms with Gasteiger partial charge in [-0.15, -0.1) is 0 Å². The first-order chi connectivity index (χ1) is 8.78. The lowest BCUT2D eigenvalue weighted by Crippen LogP contribution is -2.46. The Kier molecular flexibility index (Phi) is 3.56. The highest BCUT2D eigenvalue weighted by Gasteiger charge is 2.45. The maximum atomic E-state index is 13.7. The van der Waals surface area contributed by atoms with Crippen molar-refractivity contribution in [3.8, 4) is 6.07 Å². The van der Waals surface area contributed by atoms with Crippen LogP contribution in [0, 0.1) is 23.1 Å². The van der Waals surface area contributed by atoms with Gasteiger partial charge in [0.25, 0.3) is 0 Å². The minimum atomic E-state index is -4.09. The van der Waals surface area contributed by atoms with Crippen molar-refractivity contribution in [2.45, 2.75) is 30.2 Å². The van der Waals surface area contributed by atoms with E-state index in [1.54, 1.807) is 0 Å². The van der Waals surface area contributed by atoms with Crippen molar-refractivity contribution in [1.82, 2.24) is 4.72 Å². The largest absolute Gasteiger partial charge is 0.244 e. The fraction of sp³-hybridized carbons (Fsp3) is 0.417. The van der Waals surface area contributed by atoms with E-state index in [1.165, 1.54) is 13.0 Å². The van der Waals surface area contributed by atoms with E-state index < -0.39 is 26.3 Å². The van der Waals surface area contributed by atoms with Gasteiger partial charge in [-0.1, -0.05) is 11.6 Å². The lowest BCUT2D eigenvalue weighted by molar-refractivity contribution is 0.456.